The number of hydrogen-bond donors (Lipinski definition) is 2. The predicted octanol–water partition coefficient (Wildman–Crippen LogP) is 1.80. The summed E-state index contributed by atoms with van der Waals surface area (Å²) in [4.78, 5) is -0.0586. The molecule has 20 heavy (non-hydrogen) atoms. The molecule has 2 rings (SSSR count). The van der Waals surface area contributed by atoms with E-state index in [0.717, 1.165) is 11.1 Å². The number of aryl methyl sites for hydroxylation is 1. The minimum atomic E-state index is -3.80. The van der Waals surface area contributed by atoms with Gasteiger partial charge in [-0.25, -0.2) is 13.6 Å². The smallest absolute Gasteiger partial charge is 0.238 e. The van der Waals surface area contributed by atoms with Crippen molar-refractivity contribution in [3.63, 3.8) is 0 Å². The largest absolute Gasteiger partial charge is 0.489 e. The van der Waals surface area contributed by atoms with E-state index < -0.39 is 10.0 Å². The van der Waals surface area contributed by atoms with Crippen LogP contribution in [0.1, 0.15) is 11.1 Å². The number of ether oxygens (including phenoxy) is 1. The zero-order valence-corrected chi connectivity index (χ0v) is 11.9. The van der Waals surface area contributed by atoms with Gasteiger partial charge in [0.05, 0.1) is 4.90 Å². The molecule has 2 aromatic rings. The van der Waals surface area contributed by atoms with Gasteiger partial charge < -0.3 is 10.5 Å². The van der Waals surface area contributed by atoms with E-state index in [9.17, 15) is 8.42 Å². The van der Waals surface area contributed by atoms with E-state index in [1.54, 1.807) is 6.07 Å². The van der Waals surface area contributed by atoms with Crippen molar-refractivity contribution in [1.82, 2.24) is 0 Å². The minimum absolute atomic E-state index is 0.0586. The van der Waals surface area contributed by atoms with Crippen LogP contribution >= 0.6 is 0 Å². The second-order valence-electron chi connectivity index (χ2n) is 4.56. The molecule has 0 aliphatic heterocycles. The summed E-state index contributed by atoms with van der Waals surface area (Å²) in [6.45, 7) is 2.32. The van der Waals surface area contributed by atoms with E-state index in [2.05, 4.69) is 0 Å². The molecule has 0 bridgehead atoms. The molecule has 0 aliphatic rings. The first-order valence-electron chi connectivity index (χ1n) is 5.96. The summed E-state index contributed by atoms with van der Waals surface area (Å²) >= 11 is 0. The number of primary sulfonamides is 1. The average molecular weight is 292 g/mol. The Balaban J connectivity index is 2.20. The van der Waals surface area contributed by atoms with Crippen molar-refractivity contribution < 1.29 is 13.2 Å². The summed E-state index contributed by atoms with van der Waals surface area (Å²) in [5.41, 5.74) is 8.06. The fourth-order valence-corrected chi connectivity index (χ4v) is 2.39. The van der Waals surface area contributed by atoms with E-state index in [-0.39, 0.29) is 10.6 Å². The molecule has 0 aliphatic carbocycles. The van der Waals surface area contributed by atoms with Gasteiger partial charge in [0.15, 0.2) is 0 Å². The highest BCUT2D eigenvalue weighted by molar-refractivity contribution is 7.89. The fraction of sp³-hybridized carbons (Fsp3) is 0.143. The predicted molar refractivity (Wildman–Crippen MR) is 77.7 cm³/mol. The minimum Gasteiger partial charge on any atom is -0.489 e. The number of rotatable bonds is 4. The first-order valence-corrected chi connectivity index (χ1v) is 7.51. The van der Waals surface area contributed by atoms with Gasteiger partial charge in [-0.1, -0.05) is 29.8 Å². The van der Waals surface area contributed by atoms with Crippen LogP contribution in [0.3, 0.4) is 0 Å². The van der Waals surface area contributed by atoms with Crippen molar-refractivity contribution in [1.29, 1.82) is 0 Å². The van der Waals surface area contributed by atoms with Gasteiger partial charge in [0.2, 0.25) is 10.0 Å². The number of anilines is 1. The molecule has 0 saturated carbocycles. The van der Waals surface area contributed by atoms with Crippen LogP contribution in [0.2, 0.25) is 0 Å². The summed E-state index contributed by atoms with van der Waals surface area (Å²) in [6.07, 6.45) is 0. The Morgan fingerprint density at radius 1 is 1.15 bits per heavy atom. The fourth-order valence-electron chi connectivity index (χ4n) is 1.81. The Bertz CT molecular complexity index is 727. The van der Waals surface area contributed by atoms with Crippen LogP contribution in [0.15, 0.2) is 47.4 Å². The maximum Gasteiger partial charge on any atom is 0.238 e. The molecule has 6 heteroatoms. The number of nitrogen functional groups attached to an aromatic ring is 1. The van der Waals surface area contributed by atoms with Gasteiger partial charge in [-0.3, -0.25) is 0 Å². The lowest BCUT2D eigenvalue weighted by molar-refractivity contribution is 0.305. The SMILES string of the molecule is Cc1cccc(COc2cc(N)cc(S(N)(=O)=O)c2)c1. The molecule has 0 amide bonds. The van der Waals surface area contributed by atoms with Gasteiger partial charge in [0.1, 0.15) is 12.4 Å². The number of nitrogens with two attached hydrogens (primary N) is 2. The highest BCUT2D eigenvalue weighted by Crippen LogP contribution is 2.22. The van der Waals surface area contributed by atoms with Crippen LogP contribution in [0.5, 0.6) is 5.75 Å². The van der Waals surface area contributed by atoms with Crippen LogP contribution in [0.25, 0.3) is 0 Å². The standard InChI is InChI=1S/C14H16N2O3S/c1-10-3-2-4-11(5-10)9-19-13-6-12(15)7-14(8-13)20(16,17)18/h2-8H,9,15H2,1H3,(H2,16,17,18). The van der Waals surface area contributed by atoms with E-state index in [0.29, 0.717) is 12.4 Å². The molecule has 2 aromatic carbocycles. The van der Waals surface area contributed by atoms with Crippen molar-refractivity contribution in [2.24, 2.45) is 5.14 Å². The third-order valence-corrected chi connectivity index (χ3v) is 3.61. The number of hydrogen-bond acceptors (Lipinski definition) is 4. The summed E-state index contributed by atoms with van der Waals surface area (Å²) in [7, 11) is -3.80. The molecule has 0 saturated heterocycles. The van der Waals surface area contributed by atoms with Crippen LogP contribution in [-0.4, -0.2) is 8.42 Å². The molecule has 4 N–H and O–H groups in total. The van der Waals surface area contributed by atoms with Crippen LogP contribution in [0.4, 0.5) is 5.69 Å². The maximum absolute atomic E-state index is 11.3. The van der Waals surface area contributed by atoms with Crippen LogP contribution < -0.4 is 15.6 Å². The molecular formula is C14H16N2O3S. The molecule has 0 unspecified atom stereocenters. The van der Waals surface area contributed by atoms with Crippen molar-refractivity contribution in [2.75, 3.05) is 5.73 Å². The van der Waals surface area contributed by atoms with E-state index in [1.807, 2.05) is 31.2 Å². The molecule has 0 spiro atoms. The van der Waals surface area contributed by atoms with Gasteiger partial charge in [-0.15, -0.1) is 0 Å². The molecule has 0 fully saturated rings. The van der Waals surface area contributed by atoms with Crippen molar-refractivity contribution in [2.45, 2.75) is 18.4 Å². The molecule has 5 nitrogen and oxygen atoms in total. The van der Waals surface area contributed by atoms with Gasteiger partial charge in [-0.05, 0) is 18.6 Å². The Morgan fingerprint density at radius 3 is 2.55 bits per heavy atom. The topological polar surface area (TPSA) is 95.4 Å². The monoisotopic (exact) mass is 292 g/mol. The van der Waals surface area contributed by atoms with Gasteiger partial charge in [0.25, 0.3) is 0 Å². The Morgan fingerprint density at radius 2 is 1.90 bits per heavy atom. The second-order valence-corrected chi connectivity index (χ2v) is 6.12. The highest BCUT2D eigenvalue weighted by Gasteiger charge is 2.10. The number of sulfonamides is 1. The molecule has 0 heterocycles. The van der Waals surface area contributed by atoms with Gasteiger partial charge in [-0.2, -0.15) is 0 Å². The molecule has 0 aromatic heterocycles. The lowest BCUT2D eigenvalue weighted by Gasteiger charge is -2.09. The van der Waals surface area contributed by atoms with Gasteiger partial charge >= 0.3 is 0 Å². The summed E-state index contributed by atoms with van der Waals surface area (Å²) in [5, 5.41) is 5.08. The van der Waals surface area contributed by atoms with E-state index in [4.69, 9.17) is 15.6 Å². The van der Waals surface area contributed by atoms with Crippen LogP contribution in [0, 0.1) is 6.92 Å². The average Bonchev–Trinajstić information content (AvgIpc) is 2.35. The molecule has 0 radical (unpaired) electrons. The molecule has 106 valence electrons. The van der Waals surface area contributed by atoms with Gasteiger partial charge in [0, 0.05) is 17.8 Å². The zero-order valence-electron chi connectivity index (χ0n) is 11.0. The molecular weight excluding hydrogens is 276 g/mol. The zero-order chi connectivity index (χ0) is 14.8. The Hall–Kier alpha value is -2.05. The maximum atomic E-state index is 11.3. The quantitative estimate of drug-likeness (QED) is 0.840. The summed E-state index contributed by atoms with van der Waals surface area (Å²) < 4.78 is 28.2. The summed E-state index contributed by atoms with van der Waals surface area (Å²) in [5.74, 6) is 0.371. The van der Waals surface area contributed by atoms with Crippen molar-refractivity contribution in [3.05, 3.63) is 53.6 Å². The lowest BCUT2D eigenvalue weighted by Crippen LogP contribution is -2.12. The molecule has 0 atom stereocenters. The third kappa shape index (κ3) is 3.72. The normalized spacial score (nSPS) is 11.3. The summed E-state index contributed by atoms with van der Waals surface area (Å²) in [6, 6.07) is 12.1. The Kier molecular flexibility index (Phi) is 3.96. The first kappa shape index (κ1) is 14.4. The van der Waals surface area contributed by atoms with Crippen LogP contribution in [-0.2, 0) is 16.6 Å². The van der Waals surface area contributed by atoms with Crippen molar-refractivity contribution in [3.8, 4) is 5.75 Å². The number of benzene rings is 2. The van der Waals surface area contributed by atoms with E-state index in [1.165, 1.54) is 12.1 Å². The highest BCUT2D eigenvalue weighted by atomic mass is 32.2. The lowest BCUT2D eigenvalue weighted by atomic mass is 10.1. The van der Waals surface area contributed by atoms with E-state index >= 15 is 0 Å². The Labute approximate surface area is 118 Å². The first-order chi connectivity index (χ1) is 9.34. The van der Waals surface area contributed by atoms with Crippen molar-refractivity contribution >= 4 is 15.7 Å². The third-order valence-electron chi connectivity index (χ3n) is 2.72. The second kappa shape index (κ2) is 5.52.